The fraction of sp³-hybridized carbons (Fsp3) is 0.158. The first-order chi connectivity index (χ1) is 13.4. The van der Waals surface area contributed by atoms with Crippen LogP contribution in [-0.4, -0.2) is 20.6 Å². The normalized spacial score (nSPS) is 10.5. The van der Waals surface area contributed by atoms with E-state index in [-0.39, 0.29) is 23.2 Å². The van der Waals surface area contributed by atoms with E-state index in [0.29, 0.717) is 17.9 Å². The molecule has 0 saturated carbocycles. The van der Waals surface area contributed by atoms with E-state index >= 15 is 0 Å². The third-order valence-electron chi connectivity index (χ3n) is 3.95. The molecule has 1 heterocycles. The van der Waals surface area contributed by atoms with E-state index < -0.39 is 4.92 Å². The summed E-state index contributed by atoms with van der Waals surface area (Å²) in [5.74, 6) is 0.167. The number of amides is 1. The number of halogens is 1. The molecule has 0 bridgehead atoms. The van der Waals surface area contributed by atoms with Gasteiger partial charge in [-0.1, -0.05) is 23.7 Å². The smallest absolute Gasteiger partial charge is 0.271 e. The highest BCUT2D eigenvalue weighted by Gasteiger charge is 2.11. The molecule has 1 amide bonds. The van der Waals surface area contributed by atoms with Gasteiger partial charge in [-0.05, 0) is 23.8 Å². The first-order valence-corrected chi connectivity index (χ1v) is 8.71. The van der Waals surface area contributed by atoms with Crippen LogP contribution in [0.4, 0.5) is 5.69 Å². The number of rotatable bonds is 7. The van der Waals surface area contributed by atoms with E-state index in [1.807, 2.05) is 13.2 Å². The monoisotopic (exact) mass is 400 g/mol. The lowest BCUT2D eigenvalue weighted by Gasteiger charge is -2.09. The Hall–Kier alpha value is -3.39. The maximum atomic E-state index is 12.2. The second-order valence-corrected chi connectivity index (χ2v) is 6.47. The number of hydrogen-bond donors (Lipinski definition) is 1. The third-order valence-corrected chi connectivity index (χ3v) is 4.24. The number of aromatic nitrogens is 2. The minimum Gasteiger partial charge on any atom is -0.487 e. The molecule has 144 valence electrons. The number of nitro groups is 1. The summed E-state index contributed by atoms with van der Waals surface area (Å²) in [5.41, 5.74) is 2.18. The van der Waals surface area contributed by atoms with Gasteiger partial charge in [-0.2, -0.15) is 5.10 Å². The fourth-order valence-electron chi connectivity index (χ4n) is 2.48. The van der Waals surface area contributed by atoms with Crippen LogP contribution in [0.2, 0.25) is 5.02 Å². The van der Waals surface area contributed by atoms with Crippen molar-refractivity contribution in [2.45, 2.75) is 13.2 Å². The molecule has 0 spiro atoms. The number of non-ortho nitro benzene ring substituents is 1. The molecule has 8 nitrogen and oxygen atoms in total. The van der Waals surface area contributed by atoms with E-state index in [1.165, 1.54) is 18.2 Å². The van der Waals surface area contributed by atoms with E-state index in [4.69, 9.17) is 16.3 Å². The van der Waals surface area contributed by atoms with Crippen molar-refractivity contribution in [1.29, 1.82) is 0 Å². The zero-order valence-corrected chi connectivity index (χ0v) is 15.7. The maximum absolute atomic E-state index is 12.2. The molecule has 9 heteroatoms. The summed E-state index contributed by atoms with van der Waals surface area (Å²) in [6.07, 6.45) is 3.54. The molecule has 0 unspecified atom stereocenters. The van der Waals surface area contributed by atoms with Crippen LogP contribution in [-0.2, 0) is 20.2 Å². The SMILES string of the molecule is Cn1cc(CNC(=O)c2ccc(COc3ccc([N+](=O)[O-])cc3Cl)cc2)cn1. The van der Waals surface area contributed by atoms with E-state index in [9.17, 15) is 14.9 Å². The van der Waals surface area contributed by atoms with Crippen molar-refractivity contribution in [3.8, 4) is 5.75 Å². The summed E-state index contributed by atoms with van der Waals surface area (Å²) in [6.45, 7) is 0.616. The van der Waals surface area contributed by atoms with Gasteiger partial charge in [0.25, 0.3) is 11.6 Å². The lowest BCUT2D eigenvalue weighted by Crippen LogP contribution is -2.22. The van der Waals surface area contributed by atoms with Crippen LogP contribution in [0.3, 0.4) is 0 Å². The van der Waals surface area contributed by atoms with E-state index in [1.54, 1.807) is 35.1 Å². The van der Waals surface area contributed by atoms with Gasteiger partial charge in [0.15, 0.2) is 0 Å². The van der Waals surface area contributed by atoms with Crippen LogP contribution >= 0.6 is 11.6 Å². The van der Waals surface area contributed by atoms with Gasteiger partial charge in [0.05, 0.1) is 16.1 Å². The standard InChI is InChI=1S/C19H17ClN4O4/c1-23-11-14(10-22-23)9-21-19(25)15-4-2-13(3-5-15)12-28-18-7-6-16(24(26)27)8-17(18)20/h2-8,10-11H,9,12H2,1H3,(H,21,25). The lowest BCUT2D eigenvalue weighted by molar-refractivity contribution is -0.384. The van der Waals surface area contributed by atoms with Crippen molar-refractivity contribution in [1.82, 2.24) is 15.1 Å². The largest absolute Gasteiger partial charge is 0.487 e. The Morgan fingerprint density at radius 1 is 1.25 bits per heavy atom. The topological polar surface area (TPSA) is 99.3 Å². The van der Waals surface area contributed by atoms with Gasteiger partial charge in [0, 0.05) is 43.0 Å². The van der Waals surface area contributed by atoms with Gasteiger partial charge in [-0.15, -0.1) is 0 Å². The van der Waals surface area contributed by atoms with E-state index in [2.05, 4.69) is 10.4 Å². The molecule has 3 rings (SSSR count). The summed E-state index contributed by atoms with van der Waals surface area (Å²) in [5, 5.41) is 17.8. The Bertz CT molecular complexity index is 1000. The Labute approximate surface area is 165 Å². The average molecular weight is 401 g/mol. The highest BCUT2D eigenvalue weighted by molar-refractivity contribution is 6.32. The van der Waals surface area contributed by atoms with Crippen LogP contribution in [0.5, 0.6) is 5.75 Å². The highest BCUT2D eigenvalue weighted by atomic mass is 35.5. The van der Waals surface area contributed by atoms with Crippen molar-refractivity contribution in [3.63, 3.8) is 0 Å². The first kappa shape index (κ1) is 19.4. The molecule has 1 N–H and O–H groups in total. The number of carbonyl (C=O) groups excluding carboxylic acids is 1. The second kappa shape index (κ2) is 8.53. The predicted octanol–water partition coefficient (Wildman–Crippen LogP) is 3.49. The molecule has 0 aliphatic rings. The number of nitrogens with one attached hydrogen (secondary N) is 1. The van der Waals surface area contributed by atoms with Crippen LogP contribution in [0.1, 0.15) is 21.5 Å². The molecular formula is C19H17ClN4O4. The number of hydrogen-bond acceptors (Lipinski definition) is 5. The molecule has 0 atom stereocenters. The Balaban J connectivity index is 1.55. The van der Waals surface area contributed by atoms with Gasteiger partial charge in [0.2, 0.25) is 0 Å². The van der Waals surface area contributed by atoms with Gasteiger partial charge in [-0.3, -0.25) is 19.6 Å². The van der Waals surface area contributed by atoms with Gasteiger partial charge in [-0.25, -0.2) is 0 Å². The van der Waals surface area contributed by atoms with Crippen LogP contribution in [0.15, 0.2) is 54.9 Å². The molecule has 0 saturated heterocycles. The Morgan fingerprint density at radius 2 is 2.00 bits per heavy atom. The quantitative estimate of drug-likeness (QED) is 0.483. The fourth-order valence-corrected chi connectivity index (χ4v) is 2.71. The molecule has 0 radical (unpaired) electrons. The molecule has 1 aromatic heterocycles. The number of nitrogens with zero attached hydrogens (tertiary/aromatic N) is 3. The average Bonchev–Trinajstić information content (AvgIpc) is 3.10. The van der Waals surface area contributed by atoms with Crippen LogP contribution in [0.25, 0.3) is 0 Å². The molecular weight excluding hydrogens is 384 g/mol. The minimum absolute atomic E-state index is 0.0981. The van der Waals surface area contributed by atoms with Crippen molar-refractivity contribution >= 4 is 23.2 Å². The van der Waals surface area contributed by atoms with E-state index in [0.717, 1.165) is 11.1 Å². The zero-order chi connectivity index (χ0) is 20.1. The zero-order valence-electron chi connectivity index (χ0n) is 15.0. The lowest BCUT2D eigenvalue weighted by atomic mass is 10.1. The van der Waals surface area contributed by atoms with Crippen molar-refractivity contribution < 1.29 is 14.5 Å². The predicted molar refractivity (Wildman–Crippen MR) is 103 cm³/mol. The number of carbonyl (C=O) groups is 1. The number of nitro benzene ring substituents is 1. The molecule has 3 aromatic rings. The Morgan fingerprint density at radius 3 is 2.61 bits per heavy atom. The van der Waals surface area contributed by atoms with Crippen molar-refractivity contribution in [3.05, 3.63) is 86.7 Å². The molecule has 2 aromatic carbocycles. The number of ether oxygens (including phenoxy) is 1. The minimum atomic E-state index is -0.520. The number of benzene rings is 2. The molecule has 0 aliphatic heterocycles. The van der Waals surface area contributed by atoms with Gasteiger partial charge in [0.1, 0.15) is 12.4 Å². The van der Waals surface area contributed by atoms with Gasteiger partial charge < -0.3 is 10.1 Å². The van der Waals surface area contributed by atoms with Gasteiger partial charge >= 0.3 is 0 Å². The van der Waals surface area contributed by atoms with Crippen molar-refractivity contribution in [2.75, 3.05) is 0 Å². The summed E-state index contributed by atoms with van der Waals surface area (Å²) >= 11 is 6.00. The third kappa shape index (κ3) is 4.86. The summed E-state index contributed by atoms with van der Waals surface area (Å²) in [7, 11) is 1.82. The summed E-state index contributed by atoms with van der Waals surface area (Å²) in [4.78, 5) is 22.4. The summed E-state index contributed by atoms with van der Waals surface area (Å²) < 4.78 is 7.28. The van der Waals surface area contributed by atoms with Crippen molar-refractivity contribution in [2.24, 2.45) is 7.05 Å². The first-order valence-electron chi connectivity index (χ1n) is 8.34. The molecule has 0 fully saturated rings. The highest BCUT2D eigenvalue weighted by Crippen LogP contribution is 2.29. The van der Waals surface area contributed by atoms with Crippen LogP contribution in [0, 0.1) is 10.1 Å². The molecule has 0 aliphatic carbocycles. The molecule has 28 heavy (non-hydrogen) atoms. The second-order valence-electron chi connectivity index (χ2n) is 6.06. The maximum Gasteiger partial charge on any atom is 0.271 e. The summed E-state index contributed by atoms with van der Waals surface area (Å²) in [6, 6.07) is 11.0. The Kier molecular flexibility index (Phi) is 5.90. The number of aryl methyl sites for hydroxylation is 1. The van der Waals surface area contributed by atoms with Crippen LogP contribution < -0.4 is 10.1 Å².